The van der Waals surface area contributed by atoms with Gasteiger partial charge in [-0.15, -0.1) is 0 Å². The number of aromatic hydroxyl groups is 2. The van der Waals surface area contributed by atoms with Crippen molar-refractivity contribution in [2.24, 2.45) is 0 Å². The first kappa shape index (κ1) is 26.6. The Morgan fingerprint density at radius 2 is 1.64 bits per heavy atom. The highest BCUT2D eigenvalue weighted by Crippen LogP contribution is 2.29. The average Bonchev–Trinajstić information content (AvgIpc) is 2.82. The van der Waals surface area contributed by atoms with Gasteiger partial charge in [-0.25, -0.2) is 0 Å². The second-order valence-electron chi connectivity index (χ2n) is 7.85. The van der Waals surface area contributed by atoms with E-state index in [1.165, 1.54) is 36.4 Å². The summed E-state index contributed by atoms with van der Waals surface area (Å²) in [5.41, 5.74) is 0.592. The monoisotopic (exact) mass is 504 g/mol. The van der Waals surface area contributed by atoms with E-state index in [1.54, 1.807) is 12.1 Å². The number of phenols is 2. The molecular weight excluding hydrogens is 480 g/mol. The van der Waals surface area contributed by atoms with Gasteiger partial charge in [-0.05, 0) is 35.9 Å². The predicted octanol–water partition coefficient (Wildman–Crippen LogP) is 0.198. The minimum absolute atomic E-state index is 0.0545. The molecule has 0 amide bonds. The Bertz CT molecular complexity index is 1130. The first-order chi connectivity index (χ1) is 17.0. The Hall–Kier alpha value is -3.97. The van der Waals surface area contributed by atoms with E-state index in [2.05, 4.69) is 0 Å². The molecule has 0 aromatic heterocycles. The number of hydrogen-bond donors (Lipinski definition) is 6. The molecule has 1 fully saturated rings. The molecule has 12 heteroatoms. The Kier molecular flexibility index (Phi) is 8.61. The number of esters is 1. The topological polar surface area (TPSA) is 200 Å². The average molecular weight is 504 g/mol. The van der Waals surface area contributed by atoms with Crippen LogP contribution in [0.2, 0.25) is 0 Å². The van der Waals surface area contributed by atoms with Crippen molar-refractivity contribution in [1.29, 1.82) is 0 Å². The van der Waals surface area contributed by atoms with Crippen LogP contribution in [0, 0.1) is 0 Å². The van der Waals surface area contributed by atoms with Gasteiger partial charge in [0.25, 0.3) is 0 Å². The molecule has 1 aliphatic rings. The zero-order chi connectivity index (χ0) is 26.4. The summed E-state index contributed by atoms with van der Waals surface area (Å²) in [5.74, 6) is -3.46. The van der Waals surface area contributed by atoms with Crippen molar-refractivity contribution in [2.75, 3.05) is 6.61 Å². The third kappa shape index (κ3) is 6.79. The quantitative estimate of drug-likeness (QED) is 0.117. The number of ether oxygens (including phenoxy) is 3. The van der Waals surface area contributed by atoms with E-state index < -0.39 is 67.2 Å². The zero-order valence-corrected chi connectivity index (χ0v) is 18.6. The van der Waals surface area contributed by atoms with Crippen molar-refractivity contribution in [2.45, 2.75) is 37.1 Å². The van der Waals surface area contributed by atoms with Crippen molar-refractivity contribution in [3.8, 4) is 17.2 Å². The van der Waals surface area contributed by atoms with E-state index in [0.29, 0.717) is 5.56 Å². The minimum Gasteiger partial charge on any atom is -0.508 e. The van der Waals surface area contributed by atoms with Gasteiger partial charge in [0.2, 0.25) is 6.29 Å². The largest absolute Gasteiger partial charge is 0.508 e. The maximum Gasteiger partial charge on any atom is 0.317 e. The van der Waals surface area contributed by atoms with E-state index >= 15 is 0 Å². The van der Waals surface area contributed by atoms with Crippen LogP contribution in [0.1, 0.15) is 22.3 Å². The number of ketones is 1. The van der Waals surface area contributed by atoms with Gasteiger partial charge in [0, 0.05) is 6.07 Å². The highest BCUT2D eigenvalue weighted by atomic mass is 16.7. The number of carbonyl (C=O) groups excluding carboxylic acids is 2. The van der Waals surface area contributed by atoms with E-state index in [-0.39, 0.29) is 17.1 Å². The van der Waals surface area contributed by atoms with Gasteiger partial charge in [-0.3, -0.25) is 14.4 Å². The van der Waals surface area contributed by atoms with Gasteiger partial charge in [-0.2, -0.15) is 0 Å². The SMILES string of the molecule is O=C(O)CC(=O)OC[C@H]1O[C@@H](Oc2ccc(C(=O)/C=C/c3ccc(O)cc3)c(O)c2)[C@H](O)[C@@H](O)[C@@H]1O. The van der Waals surface area contributed by atoms with Crippen LogP contribution in [0.15, 0.2) is 48.5 Å². The lowest BCUT2D eigenvalue weighted by Gasteiger charge is -2.39. The highest BCUT2D eigenvalue weighted by Gasteiger charge is 2.45. The molecule has 0 aliphatic carbocycles. The van der Waals surface area contributed by atoms with E-state index in [4.69, 9.17) is 19.3 Å². The number of hydrogen-bond acceptors (Lipinski definition) is 11. The second-order valence-corrected chi connectivity index (χ2v) is 7.85. The molecule has 0 bridgehead atoms. The third-order valence-corrected chi connectivity index (χ3v) is 5.18. The van der Waals surface area contributed by atoms with Crippen molar-refractivity contribution in [3.63, 3.8) is 0 Å². The summed E-state index contributed by atoms with van der Waals surface area (Å²) >= 11 is 0. The van der Waals surface area contributed by atoms with Crippen molar-refractivity contribution >= 4 is 23.8 Å². The summed E-state index contributed by atoms with van der Waals surface area (Å²) in [4.78, 5) is 34.4. The molecule has 1 heterocycles. The second kappa shape index (κ2) is 11.6. The van der Waals surface area contributed by atoms with E-state index in [9.17, 15) is 39.9 Å². The number of benzene rings is 2. The van der Waals surface area contributed by atoms with Crippen LogP contribution in [0.5, 0.6) is 17.2 Å². The molecule has 0 unspecified atom stereocenters. The molecule has 6 N–H and O–H groups in total. The number of aliphatic carboxylic acids is 1. The molecule has 3 rings (SSSR count). The number of allylic oxidation sites excluding steroid dienone is 1. The maximum atomic E-state index is 12.4. The molecule has 1 aliphatic heterocycles. The van der Waals surface area contributed by atoms with Crippen molar-refractivity contribution < 1.29 is 59.2 Å². The Morgan fingerprint density at radius 1 is 0.944 bits per heavy atom. The smallest absolute Gasteiger partial charge is 0.317 e. The van der Waals surface area contributed by atoms with Gasteiger partial charge < -0.3 is 44.8 Å². The molecule has 1 saturated heterocycles. The minimum atomic E-state index is -1.76. The summed E-state index contributed by atoms with van der Waals surface area (Å²) < 4.78 is 15.5. The lowest BCUT2D eigenvalue weighted by molar-refractivity contribution is -0.278. The van der Waals surface area contributed by atoms with Gasteiger partial charge in [0.15, 0.2) is 5.78 Å². The number of carboxylic acids is 1. The van der Waals surface area contributed by atoms with Crippen LogP contribution in [0.4, 0.5) is 0 Å². The molecule has 5 atom stereocenters. The van der Waals surface area contributed by atoms with Crippen molar-refractivity contribution in [1.82, 2.24) is 0 Å². The fourth-order valence-electron chi connectivity index (χ4n) is 3.28. The molecule has 0 spiro atoms. The third-order valence-electron chi connectivity index (χ3n) is 5.18. The number of carbonyl (C=O) groups is 3. The summed E-state index contributed by atoms with van der Waals surface area (Å²) in [7, 11) is 0. The molecule has 0 saturated carbocycles. The fraction of sp³-hybridized carbons (Fsp3) is 0.292. The molecule has 36 heavy (non-hydrogen) atoms. The van der Waals surface area contributed by atoms with Crippen LogP contribution in [0.25, 0.3) is 6.08 Å². The molecule has 2 aromatic carbocycles. The van der Waals surface area contributed by atoms with Crippen LogP contribution in [0.3, 0.4) is 0 Å². The van der Waals surface area contributed by atoms with Gasteiger partial charge in [-0.1, -0.05) is 18.2 Å². The lowest BCUT2D eigenvalue weighted by Crippen LogP contribution is -2.60. The maximum absolute atomic E-state index is 12.4. The number of phenolic OH excluding ortho intramolecular Hbond substituents is 2. The van der Waals surface area contributed by atoms with Gasteiger partial charge >= 0.3 is 11.9 Å². The zero-order valence-electron chi connectivity index (χ0n) is 18.6. The number of aliphatic hydroxyl groups excluding tert-OH is 3. The number of carboxylic acid groups (broad SMARTS) is 1. The van der Waals surface area contributed by atoms with E-state index in [0.717, 1.165) is 6.07 Å². The van der Waals surface area contributed by atoms with Gasteiger partial charge in [0.1, 0.15) is 54.7 Å². The number of aliphatic hydroxyl groups is 3. The fourth-order valence-corrected chi connectivity index (χ4v) is 3.28. The molecule has 2 aromatic rings. The summed E-state index contributed by atoms with van der Waals surface area (Å²) in [5, 5.41) is 58.6. The van der Waals surface area contributed by atoms with Crippen molar-refractivity contribution in [3.05, 3.63) is 59.7 Å². The summed E-state index contributed by atoms with van der Waals surface area (Å²) in [6.45, 7) is -0.622. The standard InChI is InChI=1S/C24H24O12/c25-13-4-1-12(2-5-13)3-8-16(26)15-7-6-14(9-17(15)27)35-24-23(33)22(32)21(31)18(36-24)11-34-20(30)10-19(28)29/h1-9,18,21-25,27,31-33H,10-11H2,(H,28,29)/b8-3+/t18-,21-,22+,23-,24-/m1/s1. The summed E-state index contributed by atoms with van der Waals surface area (Å²) in [6, 6.07) is 9.74. The van der Waals surface area contributed by atoms with E-state index in [1.807, 2.05) is 0 Å². The predicted molar refractivity (Wildman–Crippen MR) is 120 cm³/mol. The normalized spacial score (nSPS) is 23.8. The van der Waals surface area contributed by atoms with Crippen LogP contribution in [-0.2, 0) is 19.1 Å². The molecule has 0 radical (unpaired) electrons. The van der Waals surface area contributed by atoms with Gasteiger partial charge in [0.05, 0.1) is 5.56 Å². The van der Waals surface area contributed by atoms with Crippen LogP contribution in [-0.4, -0.2) is 85.7 Å². The first-order valence-electron chi connectivity index (χ1n) is 10.6. The highest BCUT2D eigenvalue weighted by molar-refractivity contribution is 6.08. The Labute approximate surface area is 204 Å². The van der Waals surface area contributed by atoms with Crippen LogP contribution >= 0.6 is 0 Å². The molecular formula is C24H24O12. The Balaban J connectivity index is 1.66. The Morgan fingerprint density at radius 3 is 2.28 bits per heavy atom. The first-order valence-corrected chi connectivity index (χ1v) is 10.6. The lowest BCUT2D eigenvalue weighted by atomic mass is 9.99. The molecule has 192 valence electrons. The summed E-state index contributed by atoms with van der Waals surface area (Å²) in [6.07, 6.45) is -6.28. The number of rotatable bonds is 9. The van der Waals surface area contributed by atoms with Crippen LogP contribution < -0.4 is 4.74 Å². The molecule has 12 nitrogen and oxygen atoms in total.